The van der Waals surface area contributed by atoms with E-state index in [0.717, 1.165) is 33.4 Å². The highest BCUT2D eigenvalue weighted by molar-refractivity contribution is 7.19. The summed E-state index contributed by atoms with van der Waals surface area (Å²) in [6.07, 6.45) is 0. The van der Waals surface area contributed by atoms with Crippen molar-refractivity contribution < 1.29 is 0 Å². The van der Waals surface area contributed by atoms with Gasteiger partial charge in [0, 0.05) is 33.3 Å². The van der Waals surface area contributed by atoms with Gasteiger partial charge in [0.1, 0.15) is 5.00 Å². The second-order valence-electron chi connectivity index (χ2n) is 15.8. The van der Waals surface area contributed by atoms with Crippen LogP contribution in [-0.2, 0) is 0 Å². The summed E-state index contributed by atoms with van der Waals surface area (Å²) in [6.45, 7) is 4.53. The Labute approximate surface area is 375 Å². The fourth-order valence-corrected chi connectivity index (χ4v) is 9.60. The molecule has 9 aromatic carbocycles. The van der Waals surface area contributed by atoms with Crippen molar-refractivity contribution in [3.05, 3.63) is 254 Å². The molecule has 0 spiro atoms. The van der Waals surface area contributed by atoms with Gasteiger partial charge in [-0.15, -0.1) is 11.3 Å². The third-order valence-electron chi connectivity index (χ3n) is 12.0. The highest BCUT2D eigenvalue weighted by Crippen LogP contribution is 2.46. The summed E-state index contributed by atoms with van der Waals surface area (Å²) in [5.41, 5.74) is 19.0. The van der Waals surface area contributed by atoms with E-state index in [4.69, 9.17) is 0 Å². The van der Waals surface area contributed by atoms with Crippen LogP contribution in [0.1, 0.15) is 11.1 Å². The molecule has 0 radical (unpaired) electrons. The summed E-state index contributed by atoms with van der Waals surface area (Å²) >= 11 is 1.83. The van der Waals surface area contributed by atoms with E-state index in [9.17, 15) is 0 Å². The van der Waals surface area contributed by atoms with Gasteiger partial charge in [-0.05, 0) is 142 Å². The van der Waals surface area contributed by atoms with Gasteiger partial charge in [0.25, 0.3) is 0 Å². The Balaban J connectivity index is 1.02. The summed E-state index contributed by atoms with van der Waals surface area (Å²) in [5.74, 6) is 0. The van der Waals surface area contributed by atoms with Crippen LogP contribution >= 0.6 is 11.3 Å². The summed E-state index contributed by atoms with van der Waals surface area (Å²) in [6, 6.07) is 87.3. The summed E-state index contributed by atoms with van der Waals surface area (Å²) in [4.78, 5) is 6.01. The van der Waals surface area contributed by atoms with Crippen LogP contribution in [0.25, 0.3) is 54.9 Å². The van der Waals surface area contributed by atoms with Crippen molar-refractivity contribution in [1.82, 2.24) is 0 Å². The zero-order chi connectivity index (χ0) is 42.5. The highest BCUT2D eigenvalue weighted by Gasteiger charge is 2.21. The first-order chi connectivity index (χ1) is 31.1. The van der Waals surface area contributed by atoms with Gasteiger partial charge in [0.2, 0.25) is 0 Å². The monoisotopic (exact) mass is 826 g/mol. The van der Waals surface area contributed by atoms with Crippen molar-refractivity contribution in [1.29, 1.82) is 0 Å². The Morgan fingerprint density at radius 3 is 0.937 bits per heavy atom. The first-order valence-electron chi connectivity index (χ1n) is 21.5. The fraction of sp³-hybridized carbons (Fsp3) is 0.0333. The van der Waals surface area contributed by atoms with E-state index in [-0.39, 0.29) is 0 Å². The van der Waals surface area contributed by atoms with E-state index in [1.807, 2.05) is 11.3 Å². The van der Waals surface area contributed by atoms with Gasteiger partial charge in [0.05, 0.1) is 0 Å². The number of anilines is 6. The molecule has 302 valence electrons. The molecule has 0 fully saturated rings. The molecule has 0 amide bonds. The Morgan fingerprint density at radius 1 is 0.270 bits per heavy atom. The summed E-state index contributed by atoms with van der Waals surface area (Å²) < 4.78 is 0. The molecule has 0 aliphatic rings. The van der Waals surface area contributed by atoms with Gasteiger partial charge in [-0.1, -0.05) is 176 Å². The molecule has 0 saturated heterocycles. The normalized spacial score (nSPS) is 11.0. The number of hydrogen-bond acceptors (Lipinski definition) is 3. The molecule has 0 N–H and O–H groups in total. The van der Waals surface area contributed by atoms with Crippen LogP contribution in [-0.4, -0.2) is 0 Å². The Kier molecular flexibility index (Phi) is 11.1. The minimum atomic E-state index is 1.11. The Hall–Kier alpha value is -7.72. The first-order valence-corrected chi connectivity index (χ1v) is 22.3. The molecule has 3 heteroatoms. The van der Waals surface area contributed by atoms with E-state index < -0.39 is 0 Å². The van der Waals surface area contributed by atoms with Gasteiger partial charge < -0.3 is 9.80 Å². The smallest absolute Gasteiger partial charge is 0.101 e. The van der Waals surface area contributed by atoms with Crippen molar-refractivity contribution >= 4 is 44.8 Å². The molecule has 0 atom stereocenters. The molecule has 1 heterocycles. The largest absolute Gasteiger partial charge is 0.310 e. The molecular formula is C60H46N2S. The van der Waals surface area contributed by atoms with Crippen LogP contribution in [0.3, 0.4) is 0 Å². The summed E-state index contributed by atoms with van der Waals surface area (Å²) in [7, 11) is 0. The van der Waals surface area contributed by atoms with Crippen molar-refractivity contribution in [3.8, 4) is 54.9 Å². The van der Waals surface area contributed by atoms with E-state index in [2.05, 4.69) is 266 Å². The van der Waals surface area contributed by atoms with Gasteiger partial charge in [0.15, 0.2) is 0 Å². The summed E-state index contributed by atoms with van der Waals surface area (Å²) in [5, 5.41) is 1.16. The average Bonchev–Trinajstić information content (AvgIpc) is 3.84. The second kappa shape index (κ2) is 17.7. The molecule has 2 nitrogen and oxygen atoms in total. The molecule has 0 aliphatic carbocycles. The standard InChI is InChI=1S/C60H46N2S/c1-43-44(2)58(61(53-31-23-49(24-32-53)45-15-7-3-8-16-45)54-33-25-50(26-34-54)46-17-9-4-10-18-46)40-39-57(43)59-41-42-60(63-59)62(55-35-27-51(28-36-55)47-19-11-5-12-20-47)56-37-29-52(30-38-56)48-21-13-6-14-22-48/h3-42H,1-2H3. The van der Waals surface area contributed by atoms with Crippen LogP contribution in [0.5, 0.6) is 0 Å². The maximum Gasteiger partial charge on any atom is 0.101 e. The molecule has 10 rings (SSSR count). The maximum atomic E-state index is 2.40. The Morgan fingerprint density at radius 2 is 0.587 bits per heavy atom. The molecule has 0 aliphatic heterocycles. The molecule has 63 heavy (non-hydrogen) atoms. The number of hydrogen-bond donors (Lipinski definition) is 0. The predicted octanol–water partition coefficient (Wildman–Crippen LogP) is 17.6. The highest BCUT2D eigenvalue weighted by atomic mass is 32.1. The van der Waals surface area contributed by atoms with Crippen molar-refractivity contribution in [2.45, 2.75) is 13.8 Å². The lowest BCUT2D eigenvalue weighted by molar-refractivity contribution is 1.23. The maximum absolute atomic E-state index is 2.40. The van der Waals surface area contributed by atoms with Crippen molar-refractivity contribution in [2.24, 2.45) is 0 Å². The lowest BCUT2D eigenvalue weighted by Crippen LogP contribution is -2.12. The van der Waals surface area contributed by atoms with Crippen LogP contribution in [0, 0.1) is 13.8 Å². The number of nitrogens with zero attached hydrogens (tertiary/aromatic N) is 2. The van der Waals surface area contributed by atoms with E-state index >= 15 is 0 Å². The molecule has 1 aromatic heterocycles. The zero-order valence-electron chi connectivity index (χ0n) is 35.4. The zero-order valence-corrected chi connectivity index (χ0v) is 36.2. The molecule has 10 aromatic rings. The van der Waals surface area contributed by atoms with Gasteiger partial charge in [-0.2, -0.15) is 0 Å². The van der Waals surface area contributed by atoms with Crippen LogP contribution in [0.2, 0.25) is 0 Å². The number of thiophene rings is 1. The first kappa shape index (κ1) is 39.4. The topological polar surface area (TPSA) is 6.48 Å². The minimum absolute atomic E-state index is 1.11. The van der Waals surface area contributed by atoms with E-state index in [1.54, 1.807) is 0 Å². The second-order valence-corrected chi connectivity index (χ2v) is 16.9. The number of rotatable bonds is 11. The lowest BCUT2D eigenvalue weighted by atomic mass is 9.98. The third-order valence-corrected chi connectivity index (χ3v) is 13.1. The van der Waals surface area contributed by atoms with E-state index in [1.165, 1.54) is 66.1 Å². The lowest BCUT2D eigenvalue weighted by Gasteiger charge is -2.29. The molecular weight excluding hydrogens is 781 g/mol. The molecule has 0 unspecified atom stereocenters. The third kappa shape index (κ3) is 8.23. The van der Waals surface area contributed by atoms with E-state index in [0.29, 0.717) is 0 Å². The minimum Gasteiger partial charge on any atom is -0.310 e. The fourth-order valence-electron chi connectivity index (χ4n) is 8.47. The number of benzene rings is 9. The van der Waals surface area contributed by atoms with Gasteiger partial charge >= 0.3 is 0 Å². The Bertz CT molecular complexity index is 2900. The van der Waals surface area contributed by atoms with Crippen LogP contribution < -0.4 is 9.80 Å². The molecule has 0 bridgehead atoms. The van der Waals surface area contributed by atoms with Gasteiger partial charge in [-0.25, -0.2) is 0 Å². The predicted molar refractivity (Wildman–Crippen MR) is 270 cm³/mol. The van der Waals surface area contributed by atoms with Gasteiger partial charge in [-0.3, -0.25) is 0 Å². The molecule has 0 saturated carbocycles. The average molecular weight is 827 g/mol. The van der Waals surface area contributed by atoms with Crippen LogP contribution in [0.15, 0.2) is 243 Å². The quantitative estimate of drug-likeness (QED) is 0.128. The van der Waals surface area contributed by atoms with Crippen LogP contribution in [0.4, 0.5) is 33.4 Å². The van der Waals surface area contributed by atoms with Crippen molar-refractivity contribution in [3.63, 3.8) is 0 Å². The van der Waals surface area contributed by atoms with Crippen molar-refractivity contribution in [2.75, 3.05) is 9.80 Å². The SMILES string of the molecule is Cc1c(-c2ccc(N(c3ccc(-c4ccccc4)cc3)c3ccc(-c4ccccc4)cc3)s2)ccc(N(c2ccc(-c3ccccc3)cc2)c2ccc(-c3ccccc3)cc2)c1C.